The molecule has 7 heteroatoms. The summed E-state index contributed by atoms with van der Waals surface area (Å²) < 4.78 is 1.48. The quantitative estimate of drug-likeness (QED) is 0.691. The van der Waals surface area contributed by atoms with Gasteiger partial charge in [0.25, 0.3) is 5.91 Å². The van der Waals surface area contributed by atoms with Gasteiger partial charge in [0.2, 0.25) is 5.91 Å². The smallest absolute Gasteiger partial charge is 0.276 e. The molecule has 2 heterocycles. The van der Waals surface area contributed by atoms with Crippen LogP contribution in [0.1, 0.15) is 29.8 Å². The van der Waals surface area contributed by atoms with Gasteiger partial charge in [-0.15, -0.1) is 11.6 Å². The maximum atomic E-state index is 12.8. The first-order valence-electron chi connectivity index (χ1n) is 7.44. The summed E-state index contributed by atoms with van der Waals surface area (Å²) in [6.45, 7) is 0. The van der Waals surface area contributed by atoms with Gasteiger partial charge in [0.1, 0.15) is 5.69 Å². The van der Waals surface area contributed by atoms with Gasteiger partial charge < -0.3 is 5.32 Å². The van der Waals surface area contributed by atoms with E-state index in [-0.39, 0.29) is 11.8 Å². The molecule has 0 aliphatic carbocycles. The zero-order valence-electron chi connectivity index (χ0n) is 12.8. The van der Waals surface area contributed by atoms with Crippen molar-refractivity contribution in [3.63, 3.8) is 0 Å². The normalized spacial score (nSPS) is 13.1. The van der Waals surface area contributed by atoms with Crippen LogP contribution in [0.4, 0.5) is 17.1 Å². The molecule has 23 heavy (non-hydrogen) atoms. The van der Waals surface area contributed by atoms with Gasteiger partial charge in [-0.05, 0) is 25.0 Å². The number of unbranched alkanes of at least 4 members (excludes halogenated alkanes) is 1. The van der Waals surface area contributed by atoms with Crippen molar-refractivity contribution in [1.29, 1.82) is 0 Å². The Balaban J connectivity index is 2.07. The number of aryl methyl sites for hydroxylation is 1. The molecular weight excluding hydrogens is 316 g/mol. The average Bonchev–Trinajstić information content (AvgIpc) is 2.85. The Labute approximate surface area is 139 Å². The second kappa shape index (κ2) is 6.42. The van der Waals surface area contributed by atoms with Crippen LogP contribution in [0.5, 0.6) is 0 Å². The minimum absolute atomic E-state index is 0.0756. The van der Waals surface area contributed by atoms with Gasteiger partial charge in [-0.2, -0.15) is 5.10 Å². The molecule has 2 aromatic rings. The first kappa shape index (κ1) is 15.6. The number of fused-ring (bicyclic) bond motifs is 2. The van der Waals surface area contributed by atoms with Crippen molar-refractivity contribution >= 4 is 40.5 Å². The van der Waals surface area contributed by atoms with Crippen LogP contribution in [0.15, 0.2) is 30.5 Å². The molecule has 0 atom stereocenters. The second-order valence-electron chi connectivity index (χ2n) is 5.35. The van der Waals surface area contributed by atoms with E-state index in [9.17, 15) is 9.59 Å². The van der Waals surface area contributed by atoms with E-state index in [0.29, 0.717) is 41.5 Å². The topological polar surface area (TPSA) is 67.2 Å². The molecule has 120 valence electrons. The maximum absolute atomic E-state index is 12.8. The van der Waals surface area contributed by atoms with E-state index in [1.807, 2.05) is 18.2 Å². The van der Waals surface area contributed by atoms with Crippen molar-refractivity contribution in [1.82, 2.24) is 9.78 Å². The Kier molecular flexibility index (Phi) is 4.34. The minimum Gasteiger partial charge on any atom is -0.319 e. The predicted molar refractivity (Wildman–Crippen MR) is 89.3 cm³/mol. The van der Waals surface area contributed by atoms with Crippen molar-refractivity contribution < 1.29 is 9.59 Å². The number of para-hydroxylation sites is 2. The van der Waals surface area contributed by atoms with E-state index in [1.165, 1.54) is 4.68 Å². The summed E-state index contributed by atoms with van der Waals surface area (Å²) in [5, 5.41) is 6.98. The molecule has 3 rings (SSSR count). The van der Waals surface area contributed by atoms with Crippen molar-refractivity contribution in [2.75, 3.05) is 16.1 Å². The first-order valence-corrected chi connectivity index (χ1v) is 7.98. The van der Waals surface area contributed by atoms with E-state index in [0.717, 1.165) is 6.42 Å². The first-order chi connectivity index (χ1) is 11.1. The predicted octanol–water partition coefficient (Wildman–Crippen LogP) is 3.06. The Hall–Kier alpha value is -2.34. The number of amides is 2. The van der Waals surface area contributed by atoms with E-state index >= 15 is 0 Å². The van der Waals surface area contributed by atoms with Crippen LogP contribution in [0.2, 0.25) is 0 Å². The average molecular weight is 333 g/mol. The van der Waals surface area contributed by atoms with Crippen LogP contribution in [0.25, 0.3) is 0 Å². The molecule has 6 nitrogen and oxygen atoms in total. The van der Waals surface area contributed by atoms with E-state index in [2.05, 4.69) is 10.4 Å². The monoisotopic (exact) mass is 332 g/mol. The number of aromatic nitrogens is 2. The molecule has 0 saturated carbocycles. The SMILES string of the molecule is Cn1ncc2c1C(=O)Nc1ccccc1N2C(=O)CCCCCl. The van der Waals surface area contributed by atoms with Crippen molar-refractivity contribution in [2.24, 2.45) is 7.05 Å². The zero-order valence-corrected chi connectivity index (χ0v) is 13.5. The van der Waals surface area contributed by atoms with Crippen LogP contribution >= 0.6 is 11.6 Å². The van der Waals surface area contributed by atoms with Crippen LogP contribution < -0.4 is 10.2 Å². The Bertz CT molecular complexity index is 756. The number of benzene rings is 1. The summed E-state index contributed by atoms with van der Waals surface area (Å²) >= 11 is 5.69. The molecular formula is C16H17ClN4O2. The molecule has 2 amide bonds. The molecule has 1 aromatic heterocycles. The van der Waals surface area contributed by atoms with Gasteiger partial charge in [-0.3, -0.25) is 19.2 Å². The lowest BCUT2D eigenvalue weighted by Gasteiger charge is -2.22. The van der Waals surface area contributed by atoms with Crippen molar-refractivity contribution in [3.05, 3.63) is 36.2 Å². The Morgan fingerprint density at radius 2 is 2.04 bits per heavy atom. The molecule has 0 fully saturated rings. The highest BCUT2D eigenvalue weighted by Gasteiger charge is 2.31. The molecule has 0 unspecified atom stereocenters. The number of hydrogen-bond donors (Lipinski definition) is 1. The molecule has 1 N–H and O–H groups in total. The third-order valence-corrected chi connectivity index (χ3v) is 4.06. The molecule has 1 aromatic carbocycles. The minimum atomic E-state index is -0.275. The van der Waals surface area contributed by atoms with Crippen LogP contribution in [0.3, 0.4) is 0 Å². The number of nitrogens with one attached hydrogen (secondary N) is 1. The highest BCUT2D eigenvalue weighted by molar-refractivity contribution is 6.18. The lowest BCUT2D eigenvalue weighted by molar-refractivity contribution is -0.118. The Morgan fingerprint density at radius 3 is 2.83 bits per heavy atom. The number of anilines is 3. The van der Waals surface area contributed by atoms with Crippen LogP contribution in [-0.4, -0.2) is 27.5 Å². The van der Waals surface area contributed by atoms with E-state index in [1.54, 1.807) is 24.2 Å². The van der Waals surface area contributed by atoms with Gasteiger partial charge in [-0.25, -0.2) is 0 Å². The van der Waals surface area contributed by atoms with Gasteiger partial charge in [-0.1, -0.05) is 12.1 Å². The van der Waals surface area contributed by atoms with Gasteiger partial charge in [0.15, 0.2) is 0 Å². The maximum Gasteiger partial charge on any atom is 0.276 e. The second-order valence-corrected chi connectivity index (χ2v) is 5.73. The standard InChI is InChI=1S/C16H17ClN4O2/c1-20-15-13(10-18-20)21(14(22)8-4-5-9-17)12-7-3-2-6-11(12)19-16(15)23/h2-3,6-7,10H,4-5,8-9H2,1H3,(H,19,23). The van der Waals surface area contributed by atoms with Crippen LogP contribution in [-0.2, 0) is 11.8 Å². The number of rotatable bonds is 4. The lowest BCUT2D eigenvalue weighted by Crippen LogP contribution is -2.26. The van der Waals surface area contributed by atoms with E-state index < -0.39 is 0 Å². The summed E-state index contributed by atoms with van der Waals surface area (Å²) in [6.07, 6.45) is 3.40. The van der Waals surface area contributed by atoms with E-state index in [4.69, 9.17) is 11.6 Å². The summed E-state index contributed by atoms with van der Waals surface area (Å²) in [4.78, 5) is 26.8. The highest BCUT2D eigenvalue weighted by atomic mass is 35.5. The molecule has 0 bridgehead atoms. The molecule has 0 spiro atoms. The highest BCUT2D eigenvalue weighted by Crippen LogP contribution is 2.38. The summed E-state index contributed by atoms with van der Waals surface area (Å²) in [5.74, 6) is 0.180. The Morgan fingerprint density at radius 1 is 1.26 bits per heavy atom. The number of halogens is 1. The number of alkyl halides is 1. The third-order valence-electron chi connectivity index (χ3n) is 3.79. The molecule has 1 aliphatic rings. The third kappa shape index (κ3) is 2.82. The number of carbonyl (C=O) groups excluding carboxylic acids is 2. The molecule has 0 saturated heterocycles. The fourth-order valence-electron chi connectivity index (χ4n) is 2.69. The van der Waals surface area contributed by atoms with Crippen LogP contribution in [0, 0.1) is 0 Å². The van der Waals surface area contributed by atoms with Gasteiger partial charge in [0, 0.05) is 19.3 Å². The summed E-state index contributed by atoms with van der Waals surface area (Å²) in [7, 11) is 1.69. The summed E-state index contributed by atoms with van der Waals surface area (Å²) in [5.41, 5.74) is 2.14. The number of nitrogens with zero attached hydrogens (tertiary/aromatic N) is 3. The molecule has 0 radical (unpaired) electrons. The fraction of sp³-hybridized carbons (Fsp3) is 0.312. The fourth-order valence-corrected chi connectivity index (χ4v) is 2.88. The van der Waals surface area contributed by atoms with Gasteiger partial charge in [0.05, 0.1) is 23.3 Å². The number of carbonyl (C=O) groups is 2. The van der Waals surface area contributed by atoms with Crippen molar-refractivity contribution in [3.8, 4) is 0 Å². The zero-order chi connectivity index (χ0) is 16.4. The van der Waals surface area contributed by atoms with Gasteiger partial charge >= 0.3 is 0 Å². The largest absolute Gasteiger partial charge is 0.319 e. The summed E-state index contributed by atoms with van der Waals surface area (Å²) in [6, 6.07) is 7.26. The van der Waals surface area contributed by atoms with Crippen molar-refractivity contribution in [2.45, 2.75) is 19.3 Å². The number of hydrogen-bond acceptors (Lipinski definition) is 3. The lowest BCUT2D eigenvalue weighted by atomic mass is 10.2. The molecule has 1 aliphatic heterocycles.